The van der Waals surface area contributed by atoms with Gasteiger partial charge in [0.05, 0.1) is 44.3 Å². The van der Waals surface area contributed by atoms with Crippen LogP contribution >= 0.6 is 0 Å². The first-order valence-electron chi connectivity index (χ1n) is 38.9. The summed E-state index contributed by atoms with van der Waals surface area (Å²) in [4.78, 5) is 86.9. The Morgan fingerprint density at radius 2 is 0.759 bits per heavy atom. The van der Waals surface area contributed by atoms with Crippen molar-refractivity contribution in [2.45, 2.75) is 99.2 Å². The van der Waals surface area contributed by atoms with Crippen LogP contribution in [-0.4, -0.2) is 88.7 Å². The Hall–Kier alpha value is -14.0. The smallest absolute Gasteiger partial charge is 0.251 e. The number of nitrogens with one attached hydrogen (secondary N) is 5. The van der Waals surface area contributed by atoms with E-state index in [0.717, 1.165) is 154 Å². The van der Waals surface area contributed by atoms with Crippen molar-refractivity contribution in [1.82, 2.24) is 30.2 Å². The van der Waals surface area contributed by atoms with E-state index < -0.39 is 21.7 Å². The van der Waals surface area contributed by atoms with Crippen molar-refractivity contribution in [3.63, 3.8) is 0 Å². The van der Waals surface area contributed by atoms with Crippen molar-refractivity contribution in [1.29, 1.82) is 0 Å². The average Bonchev–Trinajstić information content (AvgIpc) is 1.60. The third-order valence-corrected chi connectivity index (χ3v) is 22.7. The van der Waals surface area contributed by atoms with E-state index in [1.807, 2.05) is 188 Å². The summed E-state index contributed by atoms with van der Waals surface area (Å²) in [6, 6.07) is 69.2. The second-order valence-electron chi connectivity index (χ2n) is 30.1. The van der Waals surface area contributed by atoms with Crippen LogP contribution in [0.3, 0.4) is 0 Å². The van der Waals surface area contributed by atoms with E-state index in [4.69, 9.17) is 37.9 Å². The van der Waals surface area contributed by atoms with Gasteiger partial charge in [-0.15, -0.1) is 0 Å². The summed E-state index contributed by atoms with van der Waals surface area (Å²) in [5.74, 6) is 7.62. The first kappa shape index (κ1) is 73.5. The largest absolute Gasteiger partial charge is 0.454 e. The zero-order chi connectivity index (χ0) is 79.0. The molecule has 23 nitrogen and oxygen atoms in total. The Morgan fingerprint density at radius 3 is 1.16 bits per heavy atom. The number of fused-ring (bicyclic) bond motifs is 5. The number of anilines is 4. The van der Waals surface area contributed by atoms with Gasteiger partial charge < -0.3 is 64.5 Å². The first-order chi connectivity index (χ1) is 56.7. The van der Waals surface area contributed by atoms with Crippen molar-refractivity contribution in [2.75, 3.05) is 55.5 Å². The number of aromatic nitrogens is 5. The van der Waals surface area contributed by atoms with Gasteiger partial charge in [0.2, 0.25) is 50.8 Å². The lowest BCUT2D eigenvalue weighted by atomic mass is 9.94. The highest BCUT2D eigenvalue weighted by Gasteiger charge is 2.55. The number of amides is 5. The molecule has 0 bridgehead atoms. The molecule has 23 heteroatoms. The lowest BCUT2D eigenvalue weighted by molar-refractivity contribution is -0.119. The molecule has 9 aliphatic rings. The number of allylic oxidation sites excluding steroid dienone is 2. The van der Waals surface area contributed by atoms with Crippen molar-refractivity contribution < 1.29 is 61.9 Å². The molecule has 5 aromatic heterocycles. The predicted octanol–water partition coefficient (Wildman–Crippen LogP) is 16.7. The fourth-order valence-corrected chi connectivity index (χ4v) is 15.4. The minimum atomic E-state index is -0.562. The summed E-state index contributed by atoms with van der Waals surface area (Å²) in [6.45, 7) is 2.95. The van der Waals surface area contributed by atoms with Crippen LogP contribution in [0.1, 0.15) is 114 Å². The Labute approximate surface area is 668 Å². The zero-order valence-corrected chi connectivity index (χ0v) is 63.7. The van der Waals surface area contributed by atoms with E-state index >= 15 is 0 Å². The summed E-state index contributed by atoms with van der Waals surface area (Å²) in [7, 11) is 1.60. The summed E-state index contributed by atoms with van der Waals surface area (Å²) >= 11 is 0. The number of hydrogen-bond acceptors (Lipinski definition) is 18. The van der Waals surface area contributed by atoms with E-state index in [0.29, 0.717) is 57.5 Å². The van der Waals surface area contributed by atoms with Gasteiger partial charge >= 0.3 is 0 Å². The number of nitrogens with zero attached hydrogens (tertiary/aromatic N) is 5. The van der Waals surface area contributed by atoms with Gasteiger partial charge in [0, 0.05) is 52.6 Å². The molecule has 0 spiro atoms. The number of carbonyl (C=O) groups excluding carboxylic acids is 5. The van der Waals surface area contributed by atoms with Gasteiger partial charge in [-0.25, -0.2) is 19.9 Å². The van der Waals surface area contributed by atoms with Gasteiger partial charge in [0.25, 0.3) is 5.91 Å². The third kappa shape index (κ3) is 15.0. The van der Waals surface area contributed by atoms with E-state index in [-0.39, 0.29) is 56.7 Å². The molecular weight excluding hydrogens is 1470 g/mol. The molecule has 116 heavy (non-hydrogen) atoms. The lowest BCUT2D eigenvalue weighted by Crippen LogP contribution is -2.28. The Balaban J connectivity index is 0.000000107. The second-order valence-corrected chi connectivity index (χ2v) is 30.1. The van der Waals surface area contributed by atoms with E-state index in [9.17, 15) is 24.0 Å². The summed E-state index contributed by atoms with van der Waals surface area (Å²) in [5.41, 5.74) is 12.1. The van der Waals surface area contributed by atoms with Gasteiger partial charge in [0.15, 0.2) is 46.0 Å². The fraction of sp³-hybridized carbons (Fsp3) is 0.226. The van der Waals surface area contributed by atoms with E-state index in [1.54, 1.807) is 37.6 Å². The van der Waals surface area contributed by atoms with Crippen LogP contribution in [0, 0.1) is 6.92 Å². The standard InChI is InChI=1S/C25H19N3O3.C24H21N3O4.C23H20N2O3.C21H20N2O3/c29-24(25(10-11-25)18-7-8-20-21(13-18)31-15-30-20)28-22-9-6-17(14-27-22)19-5-1-3-16-4-2-12-26-23(16)19;1-25-22(28)16-7-5-15(6-8-16)18-3-2-4-21(26-18)27-23(29)24(11-12-24)17-9-10-19-20(13-17)31-14-30-19;1-15-5-7-16(8-6-15)18-3-2-4-21(24-18)25-22(26)23(11-12-23)17-9-10-19-20(13-17)28-14-27-19;24-20(23-19-7-3-6-16(22-19)14-4-1-2-5-14)21(10-11-21)15-8-9-17-18(12-15)26-13-25-17/h1-9,12-14H,10-11,15H2,(H,27,28,29);2-10,13H,11-12,14H2,1H3,(H,25,28)(H,26,27,29);2-10,13H,11-12,14H2,1H3,(H,24,25,26);3-4,6-9,12H,1-2,5,10-11,13H2,(H,22,23,24). The van der Waals surface area contributed by atoms with Crippen molar-refractivity contribution >= 4 is 69.3 Å². The van der Waals surface area contributed by atoms with Gasteiger partial charge in [-0.2, -0.15) is 0 Å². The molecule has 12 aromatic rings. The molecule has 580 valence electrons. The normalized spacial score (nSPS) is 16.4. The van der Waals surface area contributed by atoms with Gasteiger partial charge in [-0.05, 0) is 221 Å². The van der Waals surface area contributed by atoms with Crippen LogP contribution in [0.25, 0.3) is 50.1 Å². The molecule has 7 aromatic carbocycles. The highest BCUT2D eigenvalue weighted by atomic mass is 16.7. The summed E-state index contributed by atoms with van der Waals surface area (Å²) in [5, 5.41) is 15.7. The predicted molar refractivity (Wildman–Crippen MR) is 437 cm³/mol. The maximum absolute atomic E-state index is 13.1. The Bertz CT molecular complexity index is 5870. The quantitative estimate of drug-likeness (QED) is 0.0566. The molecule has 0 unspecified atom stereocenters. The maximum atomic E-state index is 13.1. The van der Waals surface area contributed by atoms with Gasteiger partial charge in [0.1, 0.15) is 23.3 Å². The molecule has 5 aliphatic carbocycles. The molecule has 0 atom stereocenters. The molecule has 0 radical (unpaired) electrons. The van der Waals surface area contributed by atoms with Crippen LogP contribution in [-0.2, 0) is 40.8 Å². The van der Waals surface area contributed by atoms with E-state index in [1.165, 1.54) is 17.6 Å². The molecule has 4 fully saturated rings. The number of benzene rings is 7. The van der Waals surface area contributed by atoms with Crippen LogP contribution < -0.4 is 64.5 Å². The van der Waals surface area contributed by atoms with Crippen LogP contribution in [0.15, 0.2) is 237 Å². The maximum Gasteiger partial charge on any atom is 0.251 e. The Kier molecular flexibility index (Phi) is 19.6. The highest BCUT2D eigenvalue weighted by Crippen LogP contribution is 2.55. The molecule has 0 saturated heterocycles. The molecule has 5 N–H and O–H groups in total. The lowest BCUT2D eigenvalue weighted by Gasteiger charge is -2.16. The molecule has 21 rings (SSSR count). The van der Waals surface area contributed by atoms with Crippen LogP contribution in [0.2, 0.25) is 0 Å². The first-order valence-corrected chi connectivity index (χ1v) is 38.9. The highest BCUT2D eigenvalue weighted by molar-refractivity contribution is 6.04. The SMILES string of the molecule is CNC(=O)c1ccc(-c2cccc(NC(=O)C3(c4ccc5c(c4)OCO5)CC3)n2)cc1.Cc1ccc(-c2cccc(NC(=O)C3(c4ccc5c(c4)OCO5)CC3)n2)cc1.O=C(Nc1ccc(-c2cccc3cccnc23)cn1)C1(c2ccc3c(c2)OCO3)CC1.O=C(Nc1cccc(C2=CCCC2)n1)C1(c2ccc3c(c2)OCO3)CC1. The van der Waals surface area contributed by atoms with Crippen molar-refractivity contribution in [2.24, 2.45) is 0 Å². The van der Waals surface area contributed by atoms with Crippen molar-refractivity contribution in [3.05, 3.63) is 276 Å². The van der Waals surface area contributed by atoms with Gasteiger partial charge in [-0.1, -0.05) is 115 Å². The number of aryl methyl sites for hydroxylation is 1. The molecule has 5 amide bonds. The minimum Gasteiger partial charge on any atom is -0.454 e. The third-order valence-electron chi connectivity index (χ3n) is 22.7. The molecule has 4 aliphatic heterocycles. The summed E-state index contributed by atoms with van der Waals surface area (Å²) in [6.07, 6.45) is 15.6. The topological polar surface area (TPSA) is 284 Å². The fourth-order valence-electron chi connectivity index (χ4n) is 15.4. The minimum absolute atomic E-state index is 0.00131. The molecule has 9 heterocycles. The second kappa shape index (κ2) is 30.9. The van der Waals surface area contributed by atoms with E-state index in [2.05, 4.69) is 76.6 Å². The number of hydrogen-bond donors (Lipinski definition) is 5. The van der Waals surface area contributed by atoms with Gasteiger partial charge in [-0.3, -0.25) is 29.0 Å². The number of para-hydroxylation sites is 1. The number of rotatable bonds is 17. The zero-order valence-electron chi connectivity index (χ0n) is 63.7. The van der Waals surface area contributed by atoms with Crippen molar-refractivity contribution in [3.8, 4) is 79.6 Å². The number of ether oxygens (including phenoxy) is 8. The molecule has 4 saturated carbocycles. The van der Waals surface area contributed by atoms with Crippen LogP contribution in [0.5, 0.6) is 46.0 Å². The van der Waals surface area contributed by atoms with Crippen LogP contribution in [0.4, 0.5) is 23.3 Å². The average molecular weight is 1550 g/mol. The monoisotopic (exact) mass is 1540 g/mol. The Morgan fingerprint density at radius 1 is 0.371 bits per heavy atom. The molecular formula is C93H80N10O13. The summed E-state index contributed by atoms with van der Waals surface area (Å²) < 4.78 is 43.4. The number of pyridine rings is 5. The number of carbonyl (C=O) groups is 5.